The van der Waals surface area contributed by atoms with Crippen molar-refractivity contribution in [2.24, 2.45) is 11.7 Å². The lowest BCUT2D eigenvalue weighted by Crippen LogP contribution is -2.53. The maximum Gasteiger partial charge on any atom is 0.251 e. The molecule has 3 amide bonds. The Balaban J connectivity index is 1.76. The van der Waals surface area contributed by atoms with Crippen molar-refractivity contribution in [3.05, 3.63) is 29.8 Å². The van der Waals surface area contributed by atoms with E-state index < -0.39 is 36.2 Å². The average molecular weight is 488 g/mol. The number of aliphatic hydroxyl groups is 1. The molecule has 0 radical (unpaired) electrons. The second kappa shape index (κ2) is 10.7. The van der Waals surface area contributed by atoms with Crippen LogP contribution < -0.4 is 16.0 Å². The SMILES string of the molecule is CC(C)C[C@H](NC(=O)c1ccc(N(C)C)cc1)C(=O)N1CCC2C1C(=O)CN2C(=O)[C@@H](N)[C@H](C)O. The van der Waals surface area contributed by atoms with Crippen LogP contribution in [0.25, 0.3) is 0 Å². The smallest absolute Gasteiger partial charge is 0.251 e. The first-order valence-corrected chi connectivity index (χ1v) is 12.1. The summed E-state index contributed by atoms with van der Waals surface area (Å²) in [5, 5.41) is 12.6. The number of rotatable bonds is 8. The summed E-state index contributed by atoms with van der Waals surface area (Å²) >= 11 is 0. The van der Waals surface area contributed by atoms with Crippen LogP contribution >= 0.6 is 0 Å². The van der Waals surface area contributed by atoms with E-state index in [9.17, 15) is 24.3 Å². The molecule has 0 aliphatic carbocycles. The summed E-state index contributed by atoms with van der Waals surface area (Å²) in [6.07, 6.45) is -0.194. The third-order valence-corrected chi connectivity index (χ3v) is 6.75. The molecule has 1 aromatic carbocycles. The van der Waals surface area contributed by atoms with Gasteiger partial charge in [0.1, 0.15) is 18.1 Å². The number of aliphatic hydroxyl groups excluding tert-OH is 1. The topological polar surface area (TPSA) is 136 Å². The molecule has 2 unspecified atom stereocenters. The van der Waals surface area contributed by atoms with Crippen LogP contribution in [0.1, 0.15) is 44.0 Å². The van der Waals surface area contributed by atoms with Crippen LogP contribution in [-0.4, -0.2) is 95.9 Å². The number of anilines is 1. The van der Waals surface area contributed by atoms with Crippen molar-refractivity contribution < 1.29 is 24.3 Å². The van der Waals surface area contributed by atoms with Crippen molar-refractivity contribution in [1.82, 2.24) is 15.1 Å². The van der Waals surface area contributed by atoms with Gasteiger partial charge < -0.3 is 30.9 Å². The van der Waals surface area contributed by atoms with Crippen molar-refractivity contribution in [2.45, 2.75) is 63.9 Å². The van der Waals surface area contributed by atoms with Gasteiger partial charge in [0.2, 0.25) is 11.8 Å². The average Bonchev–Trinajstić information content (AvgIpc) is 3.38. The van der Waals surface area contributed by atoms with Gasteiger partial charge in [-0.3, -0.25) is 19.2 Å². The van der Waals surface area contributed by atoms with Crippen molar-refractivity contribution in [1.29, 1.82) is 0 Å². The number of fused-ring (bicyclic) bond motifs is 1. The molecule has 2 fully saturated rings. The van der Waals surface area contributed by atoms with Crippen molar-refractivity contribution in [3.63, 3.8) is 0 Å². The zero-order valence-electron chi connectivity index (χ0n) is 21.1. The second-order valence-electron chi connectivity index (χ2n) is 10.1. The Labute approximate surface area is 206 Å². The first kappa shape index (κ1) is 26.6. The fourth-order valence-electron chi connectivity index (χ4n) is 4.80. The Morgan fingerprint density at radius 3 is 2.29 bits per heavy atom. The Kier molecular flexibility index (Phi) is 8.17. The lowest BCUT2D eigenvalue weighted by Gasteiger charge is -2.29. The highest BCUT2D eigenvalue weighted by molar-refractivity contribution is 6.01. The first-order valence-electron chi connectivity index (χ1n) is 12.1. The summed E-state index contributed by atoms with van der Waals surface area (Å²) in [5.74, 6) is -1.29. The first-order chi connectivity index (χ1) is 16.4. The lowest BCUT2D eigenvalue weighted by molar-refractivity contribution is -0.138. The number of nitrogens with zero attached hydrogens (tertiary/aromatic N) is 3. The van der Waals surface area contributed by atoms with E-state index in [0.29, 0.717) is 24.9 Å². The van der Waals surface area contributed by atoms with E-state index in [2.05, 4.69) is 5.32 Å². The summed E-state index contributed by atoms with van der Waals surface area (Å²) in [4.78, 5) is 56.9. The molecular weight excluding hydrogens is 450 g/mol. The van der Waals surface area contributed by atoms with Crippen LogP contribution in [0.15, 0.2) is 24.3 Å². The van der Waals surface area contributed by atoms with Crippen molar-refractivity contribution >= 4 is 29.2 Å². The molecule has 10 nitrogen and oxygen atoms in total. The Hall–Kier alpha value is -2.98. The van der Waals surface area contributed by atoms with Gasteiger partial charge in [-0.15, -0.1) is 0 Å². The molecule has 10 heteroatoms. The Bertz CT molecular complexity index is 961. The predicted molar refractivity (Wildman–Crippen MR) is 132 cm³/mol. The number of benzene rings is 1. The number of Topliss-reactive ketones (excluding diaryl/α,β-unsaturated/α-hetero) is 1. The van der Waals surface area contributed by atoms with E-state index in [1.807, 2.05) is 45.0 Å². The van der Waals surface area contributed by atoms with Gasteiger partial charge in [-0.2, -0.15) is 0 Å². The summed E-state index contributed by atoms with van der Waals surface area (Å²) < 4.78 is 0. The lowest BCUT2D eigenvalue weighted by atomic mass is 10.0. The maximum absolute atomic E-state index is 13.6. The second-order valence-corrected chi connectivity index (χ2v) is 10.1. The van der Waals surface area contributed by atoms with Crippen LogP contribution in [0.4, 0.5) is 5.69 Å². The van der Waals surface area contributed by atoms with E-state index in [0.717, 1.165) is 5.69 Å². The number of nitrogens with one attached hydrogen (secondary N) is 1. The monoisotopic (exact) mass is 487 g/mol. The number of hydrogen-bond acceptors (Lipinski definition) is 7. The standard InChI is InChI=1S/C25H37N5O5/c1-14(2)12-18(27-23(33)16-6-8-17(9-7-16)28(4)5)24(34)29-11-10-19-22(29)20(32)13-30(19)25(35)21(26)15(3)31/h6-9,14-15,18-19,21-22,31H,10-13,26H2,1-5H3,(H,27,33)/t15-,18-,19?,21-,22?/m0/s1. The molecule has 2 aliphatic heterocycles. The van der Waals surface area contributed by atoms with Gasteiger partial charge in [0.25, 0.3) is 5.91 Å². The van der Waals surface area contributed by atoms with Crippen LogP contribution in [-0.2, 0) is 14.4 Å². The highest BCUT2D eigenvalue weighted by Gasteiger charge is 2.52. The highest BCUT2D eigenvalue weighted by Crippen LogP contribution is 2.31. The van der Waals surface area contributed by atoms with Gasteiger partial charge in [0.15, 0.2) is 5.78 Å². The van der Waals surface area contributed by atoms with Crippen molar-refractivity contribution in [2.75, 3.05) is 32.1 Å². The summed E-state index contributed by atoms with van der Waals surface area (Å²) in [7, 11) is 3.82. The third-order valence-electron chi connectivity index (χ3n) is 6.75. The Morgan fingerprint density at radius 1 is 1.11 bits per heavy atom. The summed E-state index contributed by atoms with van der Waals surface area (Å²) in [5.41, 5.74) is 7.21. The molecule has 1 aromatic rings. The zero-order valence-corrected chi connectivity index (χ0v) is 21.1. The molecule has 2 saturated heterocycles. The minimum atomic E-state index is -1.13. The highest BCUT2D eigenvalue weighted by atomic mass is 16.3. The minimum absolute atomic E-state index is 0.125. The van der Waals surface area contributed by atoms with Gasteiger partial charge in [-0.25, -0.2) is 0 Å². The van der Waals surface area contributed by atoms with Crippen LogP contribution in [0, 0.1) is 5.92 Å². The molecule has 192 valence electrons. The number of likely N-dealkylation sites (tertiary alicyclic amines) is 2. The number of ketones is 1. The number of carbonyl (C=O) groups excluding carboxylic acids is 4. The fourth-order valence-corrected chi connectivity index (χ4v) is 4.80. The molecule has 4 N–H and O–H groups in total. The van der Waals surface area contributed by atoms with E-state index in [1.165, 1.54) is 16.7 Å². The molecular formula is C25H37N5O5. The van der Waals surface area contributed by atoms with Crippen LogP contribution in [0.3, 0.4) is 0 Å². The summed E-state index contributed by atoms with van der Waals surface area (Å²) in [6.45, 7) is 5.51. The minimum Gasteiger partial charge on any atom is -0.391 e. The molecule has 2 heterocycles. The quantitative estimate of drug-likeness (QED) is 0.469. The molecule has 3 rings (SSSR count). The molecule has 35 heavy (non-hydrogen) atoms. The molecule has 0 saturated carbocycles. The molecule has 5 atom stereocenters. The van der Waals surface area contributed by atoms with E-state index in [-0.39, 0.29) is 30.1 Å². The van der Waals surface area contributed by atoms with E-state index in [4.69, 9.17) is 5.73 Å². The Morgan fingerprint density at radius 2 is 1.74 bits per heavy atom. The van der Waals surface area contributed by atoms with E-state index >= 15 is 0 Å². The van der Waals surface area contributed by atoms with Gasteiger partial charge in [0, 0.05) is 31.9 Å². The van der Waals surface area contributed by atoms with Gasteiger partial charge >= 0.3 is 0 Å². The van der Waals surface area contributed by atoms with Crippen LogP contribution in [0.2, 0.25) is 0 Å². The molecule has 0 aromatic heterocycles. The van der Waals surface area contributed by atoms with Gasteiger partial charge in [-0.05, 0) is 49.9 Å². The number of hydrogen-bond donors (Lipinski definition) is 3. The van der Waals surface area contributed by atoms with Crippen LogP contribution in [0.5, 0.6) is 0 Å². The number of nitrogens with two attached hydrogens (primary N) is 1. The number of carbonyl (C=O) groups is 4. The molecule has 0 spiro atoms. The fraction of sp³-hybridized carbons (Fsp3) is 0.600. The largest absolute Gasteiger partial charge is 0.391 e. The third kappa shape index (κ3) is 5.65. The zero-order chi connectivity index (χ0) is 26.0. The normalized spacial score (nSPS) is 22.1. The van der Waals surface area contributed by atoms with Gasteiger partial charge in [0.05, 0.1) is 18.7 Å². The maximum atomic E-state index is 13.6. The predicted octanol–water partition coefficient (Wildman–Crippen LogP) is -0.0140. The van der Waals surface area contributed by atoms with Crippen molar-refractivity contribution in [3.8, 4) is 0 Å². The molecule has 0 bridgehead atoms. The number of amides is 3. The molecule has 2 aliphatic rings. The summed E-state index contributed by atoms with van der Waals surface area (Å²) in [6, 6.07) is 3.92. The van der Waals surface area contributed by atoms with Gasteiger partial charge in [-0.1, -0.05) is 13.8 Å². The van der Waals surface area contributed by atoms with E-state index in [1.54, 1.807) is 12.1 Å².